The molecule has 120 valence electrons. The highest BCUT2D eigenvalue weighted by Gasteiger charge is 2.27. The minimum atomic E-state index is 0.176. The minimum absolute atomic E-state index is 0.176. The van der Waals surface area contributed by atoms with Gasteiger partial charge in [-0.2, -0.15) is 0 Å². The van der Waals surface area contributed by atoms with Crippen molar-refractivity contribution in [3.63, 3.8) is 0 Å². The van der Waals surface area contributed by atoms with Gasteiger partial charge in [0.25, 0.3) is 0 Å². The fraction of sp³-hybridized carbons (Fsp3) is 1.00. The summed E-state index contributed by atoms with van der Waals surface area (Å²) in [6.07, 6.45) is 4.75. The van der Waals surface area contributed by atoms with Crippen molar-refractivity contribution in [2.75, 3.05) is 60.0 Å². The van der Waals surface area contributed by atoms with Crippen LogP contribution in [0.5, 0.6) is 0 Å². The molecular formula is C15H33N3O2. The Labute approximate surface area is 124 Å². The van der Waals surface area contributed by atoms with Gasteiger partial charge in [-0.1, -0.05) is 0 Å². The summed E-state index contributed by atoms with van der Waals surface area (Å²) in [6.45, 7) is 5.01. The van der Waals surface area contributed by atoms with Crippen LogP contribution in [0.25, 0.3) is 0 Å². The van der Waals surface area contributed by atoms with Gasteiger partial charge >= 0.3 is 0 Å². The lowest BCUT2D eigenvalue weighted by atomic mass is 9.86. The number of aliphatic hydroxyl groups excluding tert-OH is 2. The second kappa shape index (κ2) is 10.5. The molecule has 0 saturated carbocycles. The molecule has 20 heavy (non-hydrogen) atoms. The highest BCUT2D eigenvalue weighted by Crippen LogP contribution is 2.24. The maximum Gasteiger partial charge on any atom is 0.0558 e. The van der Waals surface area contributed by atoms with Gasteiger partial charge in [0.05, 0.1) is 13.2 Å². The lowest BCUT2D eigenvalue weighted by Gasteiger charge is -2.39. The van der Waals surface area contributed by atoms with Crippen LogP contribution in [0.4, 0.5) is 0 Å². The molecule has 5 heteroatoms. The molecule has 1 unspecified atom stereocenters. The summed E-state index contributed by atoms with van der Waals surface area (Å²) in [7, 11) is 4.22. The van der Waals surface area contributed by atoms with Crippen molar-refractivity contribution >= 4 is 0 Å². The maximum atomic E-state index is 9.28. The first-order valence-corrected chi connectivity index (χ1v) is 8.00. The summed E-state index contributed by atoms with van der Waals surface area (Å²) < 4.78 is 0. The van der Waals surface area contributed by atoms with Crippen LogP contribution in [-0.2, 0) is 0 Å². The predicted octanol–water partition coefficient (Wildman–Crippen LogP) is -0.0170. The summed E-state index contributed by atoms with van der Waals surface area (Å²) >= 11 is 0. The van der Waals surface area contributed by atoms with Gasteiger partial charge in [-0.05, 0) is 65.3 Å². The van der Waals surface area contributed by atoms with Gasteiger partial charge in [0.15, 0.2) is 0 Å². The molecule has 0 spiro atoms. The first kappa shape index (κ1) is 17.9. The molecule has 0 radical (unpaired) electrons. The highest BCUT2D eigenvalue weighted by atomic mass is 16.3. The van der Waals surface area contributed by atoms with Crippen molar-refractivity contribution in [3.8, 4) is 0 Å². The van der Waals surface area contributed by atoms with Gasteiger partial charge in [-0.25, -0.2) is 0 Å². The predicted molar refractivity (Wildman–Crippen MR) is 82.9 cm³/mol. The first-order chi connectivity index (χ1) is 9.69. The van der Waals surface area contributed by atoms with E-state index in [1.807, 2.05) is 0 Å². The third-order valence-corrected chi connectivity index (χ3v) is 4.28. The summed E-state index contributed by atoms with van der Waals surface area (Å²) in [6, 6.07) is 0.497. The second-order valence-electron chi connectivity index (χ2n) is 6.08. The molecule has 1 rings (SSSR count). The molecule has 0 amide bonds. The van der Waals surface area contributed by atoms with E-state index in [2.05, 4.69) is 29.2 Å². The van der Waals surface area contributed by atoms with E-state index < -0.39 is 0 Å². The number of piperidine rings is 1. The van der Waals surface area contributed by atoms with Crippen molar-refractivity contribution in [2.45, 2.75) is 31.7 Å². The molecule has 0 aromatic heterocycles. The smallest absolute Gasteiger partial charge is 0.0558 e. The zero-order valence-corrected chi connectivity index (χ0v) is 13.2. The molecule has 1 aliphatic heterocycles. The van der Waals surface area contributed by atoms with E-state index in [-0.39, 0.29) is 13.2 Å². The first-order valence-electron chi connectivity index (χ1n) is 8.00. The Morgan fingerprint density at radius 3 is 2.15 bits per heavy atom. The summed E-state index contributed by atoms with van der Waals surface area (Å²) in [5, 5.41) is 22.0. The van der Waals surface area contributed by atoms with Gasteiger partial charge in [0.2, 0.25) is 0 Å². The number of aliphatic hydroxyl groups is 2. The molecule has 0 aromatic rings. The van der Waals surface area contributed by atoms with E-state index in [1.165, 1.54) is 19.3 Å². The Morgan fingerprint density at radius 1 is 1.05 bits per heavy atom. The number of hydrogen-bond acceptors (Lipinski definition) is 5. The summed E-state index contributed by atoms with van der Waals surface area (Å²) in [4.78, 5) is 4.52. The summed E-state index contributed by atoms with van der Waals surface area (Å²) in [5.74, 6) is 0.691. The third kappa shape index (κ3) is 6.50. The minimum Gasteiger partial charge on any atom is -0.395 e. The second-order valence-corrected chi connectivity index (χ2v) is 6.08. The van der Waals surface area contributed by atoms with Crippen LogP contribution >= 0.6 is 0 Å². The van der Waals surface area contributed by atoms with Gasteiger partial charge in [-0.15, -0.1) is 0 Å². The largest absolute Gasteiger partial charge is 0.395 e. The average Bonchev–Trinajstić information content (AvgIpc) is 2.44. The van der Waals surface area contributed by atoms with Crippen molar-refractivity contribution in [1.82, 2.24) is 15.1 Å². The van der Waals surface area contributed by atoms with Crippen LogP contribution in [0.3, 0.4) is 0 Å². The van der Waals surface area contributed by atoms with Gasteiger partial charge in [0.1, 0.15) is 0 Å². The zero-order chi connectivity index (χ0) is 14.8. The fourth-order valence-corrected chi connectivity index (χ4v) is 3.26. The number of rotatable bonds is 10. The molecule has 1 heterocycles. The van der Waals surface area contributed by atoms with Crippen LogP contribution in [-0.4, -0.2) is 86.1 Å². The Balaban J connectivity index is 2.59. The lowest BCUT2D eigenvalue weighted by Crippen LogP contribution is -2.47. The fourth-order valence-electron chi connectivity index (χ4n) is 3.26. The van der Waals surface area contributed by atoms with Crippen LogP contribution in [0, 0.1) is 5.92 Å². The molecule has 0 aromatic carbocycles. The van der Waals surface area contributed by atoms with E-state index in [0.717, 1.165) is 26.1 Å². The van der Waals surface area contributed by atoms with E-state index in [9.17, 15) is 10.2 Å². The molecule has 0 aliphatic carbocycles. The molecule has 1 aliphatic rings. The Kier molecular flexibility index (Phi) is 9.39. The zero-order valence-electron chi connectivity index (χ0n) is 13.2. The quantitative estimate of drug-likeness (QED) is 0.527. The van der Waals surface area contributed by atoms with Crippen LogP contribution in [0.1, 0.15) is 25.7 Å². The number of hydrogen-bond donors (Lipinski definition) is 3. The Hall–Kier alpha value is -0.200. The Morgan fingerprint density at radius 2 is 1.65 bits per heavy atom. The van der Waals surface area contributed by atoms with Crippen LogP contribution in [0.2, 0.25) is 0 Å². The SMILES string of the molecule is CN(C)CCCC(C1CCNCC1)N(CCO)CCO. The molecular weight excluding hydrogens is 254 g/mol. The molecule has 3 N–H and O–H groups in total. The maximum absolute atomic E-state index is 9.28. The van der Waals surface area contributed by atoms with Gasteiger partial charge < -0.3 is 20.4 Å². The topological polar surface area (TPSA) is 59.0 Å². The standard InChI is InChI=1S/C15H33N3O2/c1-17(2)9-3-4-15(14-5-7-16-8-6-14)18(10-12-19)11-13-20/h14-16,19-20H,3-13H2,1-2H3. The van der Waals surface area contributed by atoms with Crippen LogP contribution < -0.4 is 5.32 Å². The molecule has 1 saturated heterocycles. The number of nitrogens with zero attached hydrogens (tertiary/aromatic N) is 2. The molecule has 1 fully saturated rings. The third-order valence-electron chi connectivity index (χ3n) is 4.28. The lowest BCUT2D eigenvalue weighted by molar-refractivity contribution is 0.0719. The Bertz CT molecular complexity index is 227. The molecule has 5 nitrogen and oxygen atoms in total. The van der Waals surface area contributed by atoms with Crippen molar-refractivity contribution < 1.29 is 10.2 Å². The van der Waals surface area contributed by atoms with Gasteiger partial charge in [-0.3, -0.25) is 4.90 Å². The monoisotopic (exact) mass is 287 g/mol. The van der Waals surface area contributed by atoms with E-state index >= 15 is 0 Å². The average molecular weight is 287 g/mol. The van der Waals surface area contributed by atoms with E-state index in [4.69, 9.17) is 0 Å². The van der Waals surface area contributed by atoms with Crippen molar-refractivity contribution in [1.29, 1.82) is 0 Å². The highest BCUT2D eigenvalue weighted by molar-refractivity contribution is 4.83. The van der Waals surface area contributed by atoms with Crippen LogP contribution in [0.15, 0.2) is 0 Å². The molecule has 1 atom stereocenters. The van der Waals surface area contributed by atoms with E-state index in [1.54, 1.807) is 0 Å². The van der Waals surface area contributed by atoms with Crippen molar-refractivity contribution in [3.05, 3.63) is 0 Å². The van der Waals surface area contributed by atoms with E-state index in [0.29, 0.717) is 25.0 Å². The van der Waals surface area contributed by atoms with Crippen molar-refractivity contribution in [2.24, 2.45) is 5.92 Å². The summed E-state index contributed by atoms with van der Waals surface area (Å²) in [5.41, 5.74) is 0. The van der Waals surface area contributed by atoms with Gasteiger partial charge in [0, 0.05) is 19.1 Å². The molecule has 0 bridgehead atoms. The normalized spacial score (nSPS) is 18.9. The number of nitrogens with one attached hydrogen (secondary N) is 1.